The maximum atomic E-state index is 14.2. The number of hydrogen-bond donors (Lipinski definition) is 2. The first-order chi connectivity index (χ1) is 10.3. The van der Waals surface area contributed by atoms with Gasteiger partial charge < -0.3 is 10.4 Å². The minimum atomic E-state index is -4.73. The molecule has 22 heavy (non-hydrogen) atoms. The summed E-state index contributed by atoms with van der Waals surface area (Å²) in [5.74, 6) is -3.67. The van der Waals surface area contributed by atoms with E-state index in [0.717, 1.165) is 18.2 Å². The third kappa shape index (κ3) is 3.56. The maximum Gasteiger partial charge on any atom is 0.416 e. The van der Waals surface area contributed by atoms with E-state index in [0.29, 0.717) is 13.1 Å². The zero-order chi connectivity index (χ0) is 16.4. The number of nitrogens with one attached hydrogen (secondary N) is 1. The molecule has 0 aliphatic carbocycles. The molecule has 1 fully saturated rings. The van der Waals surface area contributed by atoms with E-state index >= 15 is 0 Å². The van der Waals surface area contributed by atoms with Crippen LogP contribution in [0.1, 0.15) is 17.2 Å². The van der Waals surface area contributed by atoms with E-state index in [4.69, 9.17) is 5.11 Å². The monoisotopic (exact) mass is 324 g/mol. The third-order valence-corrected chi connectivity index (χ3v) is 3.69. The second-order valence-electron chi connectivity index (χ2n) is 5.19. The van der Waals surface area contributed by atoms with E-state index in [1.54, 1.807) is 0 Å². The molecule has 2 rings (SSSR count). The number of halogens is 5. The summed E-state index contributed by atoms with van der Waals surface area (Å²) in [5, 5.41) is 11.9. The highest BCUT2D eigenvalue weighted by atomic mass is 19.4. The summed E-state index contributed by atoms with van der Waals surface area (Å²) >= 11 is 0. The molecular formula is C14H17F5N2O. The highest BCUT2D eigenvalue weighted by Gasteiger charge is 2.47. The number of alkyl halides is 5. The average molecular weight is 324 g/mol. The van der Waals surface area contributed by atoms with Crippen LogP contribution in [0.25, 0.3) is 0 Å². The number of hydrogen-bond acceptors (Lipinski definition) is 3. The fourth-order valence-electron chi connectivity index (χ4n) is 2.71. The largest absolute Gasteiger partial charge is 0.416 e. The van der Waals surface area contributed by atoms with Crippen molar-refractivity contribution in [3.63, 3.8) is 0 Å². The summed E-state index contributed by atoms with van der Waals surface area (Å²) < 4.78 is 67.7. The van der Waals surface area contributed by atoms with Crippen LogP contribution < -0.4 is 5.32 Å². The molecule has 0 bridgehead atoms. The van der Waals surface area contributed by atoms with Gasteiger partial charge in [-0.25, -0.2) is 8.78 Å². The molecule has 0 aromatic heterocycles. The van der Waals surface area contributed by atoms with Crippen molar-refractivity contribution in [1.82, 2.24) is 10.2 Å². The van der Waals surface area contributed by atoms with Gasteiger partial charge in [0.2, 0.25) is 0 Å². The van der Waals surface area contributed by atoms with Crippen LogP contribution in [0.4, 0.5) is 22.0 Å². The number of aliphatic hydroxyl groups excluding tert-OH is 1. The van der Waals surface area contributed by atoms with Gasteiger partial charge in [-0.05, 0) is 11.6 Å². The van der Waals surface area contributed by atoms with Gasteiger partial charge in [0.05, 0.1) is 5.56 Å². The molecule has 2 N–H and O–H groups in total. The molecule has 1 saturated heterocycles. The first-order valence-corrected chi connectivity index (χ1v) is 6.87. The molecule has 3 nitrogen and oxygen atoms in total. The van der Waals surface area contributed by atoms with Crippen LogP contribution >= 0.6 is 0 Å². The van der Waals surface area contributed by atoms with E-state index in [1.807, 2.05) is 0 Å². The number of benzene rings is 1. The van der Waals surface area contributed by atoms with E-state index in [2.05, 4.69) is 5.32 Å². The van der Waals surface area contributed by atoms with Gasteiger partial charge in [-0.15, -0.1) is 0 Å². The van der Waals surface area contributed by atoms with Crippen molar-refractivity contribution in [3.05, 3.63) is 35.4 Å². The second kappa shape index (κ2) is 6.47. The minimum Gasteiger partial charge on any atom is -0.390 e. The van der Waals surface area contributed by atoms with Gasteiger partial charge in [0.1, 0.15) is 12.6 Å². The van der Waals surface area contributed by atoms with Gasteiger partial charge in [0.15, 0.2) is 0 Å². The molecule has 0 amide bonds. The lowest BCUT2D eigenvalue weighted by atomic mass is 9.93. The molecule has 124 valence electrons. The SMILES string of the molecule is OCC(F)(F)[C@@H](c1ccccc1C(F)(F)F)N1CCNCC1. The average Bonchev–Trinajstić information content (AvgIpc) is 2.48. The van der Waals surface area contributed by atoms with Crippen molar-refractivity contribution in [2.75, 3.05) is 32.8 Å². The van der Waals surface area contributed by atoms with Crippen molar-refractivity contribution in [2.24, 2.45) is 0 Å². The van der Waals surface area contributed by atoms with Gasteiger partial charge in [-0.2, -0.15) is 13.2 Å². The van der Waals surface area contributed by atoms with Gasteiger partial charge in [0.25, 0.3) is 5.92 Å². The zero-order valence-corrected chi connectivity index (χ0v) is 11.7. The molecule has 1 aromatic rings. The highest BCUT2D eigenvalue weighted by Crippen LogP contribution is 2.42. The van der Waals surface area contributed by atoms with Crippen LogP contribution in [0.5, 0.6) is 0 Å². The molecule has 1 aliphatic heterocycles. The van der Waals surface area contributed by atoms with E-state index < -0.39 is 35.9 Å². The molecule has 0 unspecified atom stereocenters. The molecule has 8 heteroatoms. The molecular weight excluding hydrogens is 307 g/mol. The van der Waals surface area contributed by atoms with Crippen molar-refractivity contribution >= 4 is 0 Å². The Morgan fingerprint density at radius 3 is 2.23 bits per heavy atom. The Kier molecular flexibility index (Phi) is 5.03. The van der Waals surface area contributed by atoms with Crippen LogP contribution in [0.3, 0.4) is 0 Å². The summed E-state index contributed by atoms with van der Waals surface area (Å²) in [5.41, 5.74) is -1.59. The lowest BCUT2D eigenvalue weighted by molar-refractivity contribution is -0.145. The molecule has 1 atom stereocenters. The van der Waals surface area contributed by atoms with Crippen LogP contribution in [-0.2, 0) is 6.18 Å². The Morgan fingerprint density at radius 2 is 1.68 bits per heavy atom. The third-order valence-electron chi connectivity index (χ3n) is 3.69. The van der Waals surface area contributed by atoms with Crippen molar-refractivity contribution < 1.29 is 27.1 Å². The van der Waals surface area contributed by atoms with Crippen LogP contribution in [0.2, 0.25) is 0 Å². The Morgan fingerprint density at radius 1 is 1.09 bits per heavy atom. The summed E-state index contributed by atoms with van der Waals surface area (Å²) in [6.45, 7) is -0.314. The van der Waals surface area contributed by atoms with Gasteiger partial charge in [-0.3, -0.25) is 4.90 Å². The Bertz CT molecular complexity index is 500. The molecule has 0 radical (unpaired) electrons. The van der Waals surface area contributed by atoms with Crippen molar-refractivity contribution in [1.29, 1.82) is 0 Å². The summed E-state index contributed by atoms with van der Waals surface area (Å²) in [4.78, 5) is 1.29. The van der Waals surface area contributed by atoms with Crippen LogP contribution in [-0.4, -0.2) is 48.7 Å². The fraction of sp³-hybridized carbons (Fsp3) is 0.571. The maximum absolute atomic E-state index is 14.2. The molecule has 1 aromatic carbocycles. The minimum absolute atomic E-state index is 0.187. The lowest BCUT2D eigenvalue weighted by Gasteiger charge is -2.39. The Balaban J connectivity index is 2.50. The smallest absolute Gasteiger partial charge is 0.390 e. The summed E-state index contributed by atoms with van der Waals surface area (Å²) in [7, 11) is 0. The fourth-order valence-corrected chi connectivity index (χ4v) is 2.71. The number of aliphatic hydroxyl groups is 1. The zero-order valence-electron chi connectivity index (χ0n) is 11.7. The van der Waals surface area contributed by atoms with E-state index in [9.17, 15) is 22.0 Å². The molecule has 1 heterocycles. The van der Waals surface area contributed by atoms with E-state index in [1.165, 1.54) is 11.0 Å². The summed E-state index contributed by atoms with van der Waals surface area (Å²) in [6.07, 6.45) is -4.73. The van der Waals surface area contributed by atoms with Crippen molar-refractivity contribution in [3.8, 4) is 0 Å². The van der Waals surface area contributed by atoms with Gasteiger partial charge in [-0.1, -0.05) is 18.2 Å². The van der Waals surface area contributed by atoms with Gasteiger partial charge in [0, 0.05) is 26.2 Å². The quantitative estimate of drug-likeness (QED) is 0.834. The predicted molar refractivity (Wildman–Crippen MR) is 70.7 cm³/mol. The number of piperazine rings is 1. The van der Waals surface area contributed by atoms with Crippen molar-refractivity contribution in [2.45, 2.75) is 18.1 Å². The standard InChI is InChI=1S/C14H17F5N2O/c15-13(16,9-22)12(21-7-5-20-6-8-21)10-3-1-2-4-11(10)14(17,18)19/h1-4,12,20,22H,5-9H2/t12-/m1/s1. The van der Waals surface area contributed by atoms with Crippen LogP contribution in [0.15, 0.2) is 24.3 Å². The van der Waals surface area contributed by atoms with E-state index in [-0.39, 0.29) is 13.1 Å². The molecule has 0 saturated carbocycles. The first-order valence-electron chi connectivity index (χ1n) is 6.87. The van der Waals surface area contributed by atoms with Crippen LogP contribution in [0, 0.1) is 0 Å². The summed E-state index contributed by atoms with van der Waals surface area (Å²) in [6, 6.07) is 2.50. The first kappa shape index (κ1) is 17.1. The Hall–Kier alpha value is -1.25. The number of nitrogens with zero attached hydrogens (tertiary/aromatic N) is 1. The second-order valence-corrected chi connectivity index (χ2v) is 5.19. The van der Waals surface area contributed by atoms with Gasteiger partial charge >= 0.3 is 6.18 Å². The predicted octanol–water partition coefficient (Wildman–Crippen LogP) is 2.28. The molecule has 0 spiro atoms. The molecule has 1 aliphatic rings. The highest BCUT2D eigenvalue weighted by molar-refractivity contribution is 5.34. The normalized spacial score (nSPS) is 19.2. The lowest BCUT2D eigenvalue weighted by Crippen LogP contribution is -2.51. The topological polar surface area (TPSA) is 35.5 Å². The Labute approximate surface area is 124 Å². The number of rotatable bonds is 4.